The van der Waals surface area contributed by atoms with Crippen LogP contribution >= 0.6 is 11.8 Å². The SMILES string of the molecule is O=C(O)/C(=C\c1cccc(OCc2ccccc2)c1)Sc1nc2ccccc2o1. The highest BCUT2D eigenvalue weighted by molar-refractivity contribution is 8.03. The molecule has 6 heteroatoms. The molecule has 0 saturated heterocycles. The quantitative estimate of drug-likeness (QED) is 0.319. The van der Waals surface area contributed by atoms with E-state index in [0.29, 0.717) is 23.5 Å². The van der Waals surface area contributed by atoms with Gasteiger partial charge in [0, 0.05) is 0 Å². The second kappa shape index (κ2) is 8.67. The van der Waals surface area contributed by atoms with E-state index in [2.05, 4.69) is 4.98 Å². The summed E-state index contributed by atoms with van der Waals surface area (Å²) in [6, 6.07) is 24.5. The summed E-state index contributed by atoms with van der Waals surface area (Å²) in [7, 11) is 0. The van der Waals surface area contributed by atoms with Crippen molar-refractivity contribution in [2.24, 2.45) is 0 Å². The molecule has 0 aliphatic heterocycles. The van der Waals surface area contributed by atoms with Gasteiger partial charge in [-0.2, -0.15) is 0 Å². The molecule has 29 heavy (non-hydrogen) atoms. The zero-order valence-corrected chi connectivity index (χ0v) is 16.1. The third-order valence-corrected chi connectivity index (χ3v) is 4.95. The van der Waals surface area contributed by atoms with Crippen LogP contribution in [0.3, 0.4) is 0 Å². The third kappa shape index (κ3) is 4.86. The molecular formula is C23H17NO4S. The van der Waals surface area contributed by atoms with E-state index in [1.807, 2.05) is 66.7 Å². The van der Waals surface area contributed by atoms with E-state index in [4.69, 9.17) is 9.15 Å². The van der Waals surface area contributed by atoms with Crippen LogP contribution in [-0.2, 0) is 11.4 Å². The maximum Gasteiger partial charge on any atom is 0.342 e. The van der Waals surface area contributed by atoms with Crippen LogP contribution in [0, 0.1) is 0 Å². The molecule has 5 nitrogen and oxygen atoms in total. The molecule has 0 saturated carbocycles. The number of benzene rings is 3. The first-order valence-electron chi connectivity index (χ1n) is 8.92. The van der Waals surface area contributed by atoms with Gasteiger partial charge >= 0.3 is 5.97 Å². The fourth-order valence-electron chi connectivity index (χ4n) is 2.71. The lowest BCUT2D eigenvalue weighted by Crippen LogP contribution is -1.97. The lowest BCUT2D eigenvalue weighted by atomic mass is 10.2. The van der Waals surface area contributed by atoms with Crippen molar-refractivity contribution in [2.75, 3.05) is 0 Å². The topological polar surface area (TPSA) is 72.6 Å². The van der Waals surface area contributed by atoms with Gasteiger partial charge < -0.3 is 14.3 Å². The van der Waals surface area contributed by atoms with Crippen LogP contribution in [0.25, 0.3) is 17.2 Å². The molecule has 0 atom stereocenters. The number of hydrogen-bond donors (Lipinski definition) is 1. The standard InChI is InChI=1S/C23H17NO4S/c25-22(26)21(29-23-24-19-11-4-5-12-20(19)28-23)14-17-9-6-10-18(13-17)27-15-16-7-2-1-3-8-16/h1-14H,15H2,(H,25,26)/b21-14+. The molecule has 0 radical (unpaired) electrons. The molecular weight excluding hydrogens is 386 g/mol. The summed E-state index contributed by atoms with van der Waals surface area (Å²) in [5.74, 6) is -0.382. The van der Waals surface area contributed by atoms with E-state index in [-0.39, 0.29) is 10.1 Å². The summed E-state index contributed by atoms with van der Waals surface area (Å²) in [6.45, 7) is 0.442. The van der Waals surface area contributed by atoms with Crippen molar-refractivity contribution in [2.45, 2.75) is 11.8 Å². The summed E-state index contributed by atoms with van der Waals surface area (Å²) >= 11 is 0.976. The minimum absolute atomic E-state index is 0.108. The first-order valence-corrected chi connectivity index (χ1v) is 9.74. The van der Waals surface area contributed by atoms with Gasteiger partial charge in [0.2, 0.25) is 0 Å². The van der Waals surface area contributed by atoms with Crippen LogP contribution in [-0.4, -0.2) is 16.1 Å². The van der Waals surface area contributed by atoms with Crippen molar-refractivity contribution in [3.63, 3.8) is 0 Å². The second-order valence-electron chi connectivity index (χ2n) is 6.21. The highest BCUT2D eigenvalue weighted by Gasteiger charge is 2.15. The van der Waals surface area contributed by atoms with Gasteiger partial charge in [-0.3, -0.25) is 0 Å². The number of fused-ring (bicyclic) bond motifs is 1. The minimum Gasteiger partial charge on any atom is -0.489 e. The van der Waals surface area contributed by atoms with Gasteiger partial charge in [0.25, 0.3) is 5.22 Å². The second-order valence-corrected chi connectivity index (χ2v) is 7.20. The number of nitrogens with zero attached hydrogens (tertiary/aromatic N) is 1. The zero-order valence-electron chi connectivity index (χ0n) is 15.3. The number of para-hydroxylation sites is 2. The molecule has 0 aliphatic rings. The fourth-order valence-corrected chi connectivity index (χ4v) is 3.46. The van der Waals surface area contributed by atoms with E-state index >= 15 is 0 Å². The Balaban J connectivity index is 1.52. The lowest BCUT2D eigenvalue weighted by molar-refractivity contribution is -0.131. The predicted molar refractivity (Wildman–Crippen MR) is 113 cm³/mol. The van der Waals surface area contributed by atoms with E-state index in [1.165, 1.54) is 0 Å². The highest BCUT2D eigenvalue weighted by atomic mass is 32.2. The van der Waals surface area contributed by atoms with Crippen LogP contribution in [0.4, 0.5) is 0 Å². The Morgan fingerprint density at radius 1 is 1.03 bits per heavy atom. The van der Waals surface area contributed by atoms with Crippen LogP contribution in [0.15, 0.2) is 93.4 Å². The number of oxazole rings is 1. The molecule has 4 aromatic rings. The van der Waals surface area contributed by atoms with E-state index in [9.17, 15) is 9.90 Å². The van der Waals surface area contributed by atoms with E-state index in [0.717, 1.165) is 22.9 Å². The maximum absolute atomic E-state index is 11.7. The number of rotatable bonds is 7. The van der Waals surface area contributed by atoms with Crippen LogP contribution in [0.2, 0.25) is 0 Å². The Hall–Kier alpha value is -3.51. The van der Waals surface area contributed by atoms with Crippen molar-refractivity contribution < 1.29 is 19.1 Å². The molecule has 0 amide bonds. The molecule has 0 fully saturated rings. The summed E-state index contributed by atoms with van der Waals surface area (Å²) in [5, 5.41) is 9.89. The Morgan fingerprint density at radius 3 is 2.62 bits per heavy atom. The van der Waals surface area contributed by atoms with Gasteiger partial charge in [-0.25, -0.2) is 9.78 Å². The number of carboxylic acid groups (broad SMARTS) is 1. The van der Waals surface area contributed by atoms with Crippen molar-refractivity contribution >= 4 is 34.9 Å². The van der Waals surface area contributed by atoms with Gasteiger partial charge in [-0.15, -0.1) is 0 Å². The highest BCUT2D eigenvalue weighted by Crippen LogP contribution is 2.31. The molecule has 0 spiro atoms. The average Bonchev–Trinajstić information content (AvgIpc) is 3.15. The molecule has 1 N–H and O–H groups in total. The Morgan fingerprint density at radius 2 is 1.83 bits per heavy atom. The lowest BCUT2D eigenvalue weighted by Gasteiger charge is -2.07. The number of thioether (sulfide) groups is 1. The Labute approximate surface area is 171 Å². The molecule has 3 aromatic carbocycles. The number of aliphatic carboxylic acids is 1. The van der Waals surface area contributed by atoms with Gasteiger partial charge in [-0.05, 0) is 53.2 Å². The van der Waals surface area contributed by atoms with Crippen molar-refractivity contribution in [1.29, 1.82) is 0 Å². The third-order valence-electron chi connectivity index (χ3n) is 4.09. The van der Waals surface area contributed by atoms with Crippen molar-refractivity contribution in [1.82, 2.24) is 4.98 Å². The van der Waals surface area contributed by atoms with Crippen molar-refractivity contribution in [3.05, 3.63) is 94.9 Å². The molecule has 1 heterocycles. The molecule has 0 bridgehead atoms. The van der Waals surface area contributed by atoms with Crippen molar-refractivity contribution in [3.8, 4) is 5.75 Å². The van der Waals surface area contributed by atoms with Gasteiger partial charge in [0.15, 0.2) is 5.58 Å². The predicted octanol–water partition coefficient (Wildman–Crippen LogP) is 5.62. The van der Waals surface area contributed by atoms with Gasteiger partial charge in [0.05, 0.1) is 0 Å². The fraction of sp³-hybridized carbons (Fsp3) is 0.0435. The molecule has 0 aliphatic carbocycles. The molecule has 4 rings (SSSR count). The molecule has 0 unspecified atom stereocenters. The number of ether oxygens (including phenoxy) is 1. The van der Waals surface area contributed by atoms with Crippen LogP contribution < -0.4 is 4.74 Å². The smallest absolute Gasteiger partial charge is 0.342 e. The van der Waals surface area contributed by atoms with Crippen LogP contribution in [0.1, 0.15) is 11.1 Å². The Bertz CT molecular complexity index is 1130. The summed E-state index contributed by atoms with van der Waals surface area (Å²) in [5.41, 5.74) is 3.09. The van der Waals surface area contributed by atoms with Gasteiger partial charge in [-0.1, -0.05) is 54.6 Å². The summed E-state index contributed by atoms with van der Waals surface area (Å²) < 4.78 is 11.4. The average molecular weight is 403 g/mol. The first kappa shape index (κ1) is 18.8. The zero-order chi connectivity index (χ0) is 20.1. The number of carbonyl (C=O) groups is 1. The molecule has 1 aromatic heterocycles. The minimum atomic E-state index is -1.05. The number of carboxylic acids is 1. The summed E-state index contributed by atoms with van der Waals surface area (Å²) in [6.07, 6.45) is 1.58. The first-order chi connectivity index (χ1) is 14.2. The largest absolute Gasteiger partial charge is 0.489 e. The summed E-state index contributed by atoms with van der Waals surface area (Å²) in [4.78, 5) is 16.2. The van der Waals surface area contributed by atoms with E-state index < -0.39 is 5.97 Å². The number of hydrogen-bond acceptors (Lipinski definition) is 5. The molecule has 144 valence electrons. The van der Waals surface area contributed by atoms with Crippen LogP contribution in [0.5, 0.6) is 5.75 Å². The monoisotopic (exact) mass is 403 g/mol. The Kier molecular flexibility index (Phi) is 5.63. The number of aromatic nitrogens is 1. The normalized spacial score (nSPS) is 11.5. The van der Waals surface area contributed by atoms with Gasteiger partial charge in [0.1, 0.15) is 22.8 Å². The maximum atomic E-state index is 11.7. The van der Waals surface area contributed by atoms with E-state index in [1.54, 1.807) is 18.2 Å².